The fourth-order valence-corrected chi connectivity index (χ4v) is 2.28. The summed E-state index contributed by atoms with van der Waals surface area (Å²) in [5.41, 5.74) is 1.15. The van der Waals surface area contributed by atoms with Gasteiger partial charge in [0.15, 0.2) is 0 Å². The van der Waals surface area contributed by atoms with E-state index in [4.69, 9.17) is 5.11 Å². The van der Waals surface area contributed by atoms with Gasteiger partial charge in [0, 0.05) is 10.9 Å². The van der Waals surface area contributed by atoms with Crippen LogP contribution in [0.4, 0.5) is 8.78 Å². The van der Waals surface area contributed by atoms with Gasteiger partial charge in [-0.15, -0.1) is 11.3 Å². The number of nitrogens with zero attached hydrogens (tertiary/aromatic N) is 1. The Morgan fingerprint density at radius 2 is 2.26 bits per heavy atom. The molecule has 19 heavy (non-hydrogen) atoms. The average molecular weight is 285 g/mol. The lowest BCUT2D eigenvalue weighted by atomic mass is 10.2. The lowest BCUT2D eigenvalue weighted by molar-refractivity contribution is -0.136. The Balaban J connectivity index is 2.21. The van der Waals surface area contributed by atoms with Gasteiger partial charge in [0.05, 0.1) is 12.1 Å². The SMILES string of the molecule is O=C(O)Cc1nc(-c2cccc(OC(F)F)c2)cs1. The average Bonchev–Trinajstić information content (AvgIpc) is 2.76. The maximum Gasteiger partial charge on any atom is 0.387 e. The Bertz CT molecular complexity index is 586. The summed E-state index contributed by atoms with van der Waals surface area (Å²) in [6.45, 7) is -2.88. The maximum atomic E-state index is 12.1. The number of aromatic nitrogens is 1. The third-order valence-electron chi connectivity index (χ3n) is 2.21. The summed E-state index contributed by atoms with van der Waals surface area (Å²) in [5, 5.41) is 10.8. The van der Waals surface area contributed by atoms with Crippen LogP contribution in [0.15, 0.2) is 29.6 Å². The summed E-state index contributed by atoms with van der Waals surface area (Å²) >= 11 is 1.21. The van der Waals surface area contributed by atoms with Crippen LogP contribution in [0.1, 0.15) is 5.01 Å². The molecule has 7 heteroatoms. The van der Waals surface area contributed by atoms with Crippen molar-refractivity contribution in [2.75, 3.05) is 0 Å². The van der Waals surface area contributed by atoms with Gasteiger partial charge in [0.25, 0.3) is 0 Å². The van der Waals surface area contributed by atoms with Crippen molar-refractivity contribution in [3.8, 4) is 17.0 Å². The van der Waals surface area contributed by atoms with Crippen LogP contribution in [0.25, 0.3) is 11.3 Å². The zero-order valence-electron chi connectivity index (χ0n) is 9.55. The van der Waals surface area contributed by atoms with Gasteiger partial charge in [-0.3, -0.25) is 4.79 Å². The standard InChI is InChI=1S/C12H9F2NO3S/c13-12(14)18-8-3-1-2-7(4-8)9-6-19-10(15-9)5-11(16)17/h1-4,6,12H,5H2,(H,16,17). The van der Waals surface area contributed by atoms with Crippen LogP contribution < -0.4 is 4.74 Å². The van der Waals surface area contributed by atoms with Gasteiger partial charge in [-0.1, -0.05) is 12.1 Å². The quantitative estimate of drug-likeness (QED) is 0.917. The molecule has 1 aromatic heterocycles. The van der Waals surface area contributed by atoms with E-state index in [0.29, 0.717) is 16.3 Å². The molecular formula is C12H9F2NO3S. The number of ether oxygens (including phenoxy) is 1. The monoisotopic (exact) mass is 285 g/mol. The Morgan fingerprint density at radius 3 is 2.95 bits per heavy atom. The number of hydrogen-bond acceptors (Lipinski definition) is 4. The Morgan fingerprint density at radius 1 is 1.47 bits per heavy atom. The summed E-state index contributed by atoms with van der Waals surface area (Å²) in [6.07, 6.45) is -0.155. The summed E-state index contributed by atoms with van der Waals surface area (Å²) < 4.78 is 28.5. The summed E-state index contributed by atoms with van der Waals surface area (Å²) in [7, 11) is 0. The number of aliphatic carboxylic acids is 1. The Kier molecular flexibility index (Phi) is 4.06. The van der Waals surface area contributed by atoms with E-state index in [0.717, 1.165) is 0 Å². The molecule has 1 N–H and O–H groups in total. The van der Waals surface area contributed by atoms with E-state index < -0.39 is 12.6 Å². The van der Waals surface area contributed by atoms with Crippen LogP contribution in [0.3, 0.4) is 0 Å². The van der Waals surface area contributed by atoms with Crippen molar-refractivity contribution in [2.45, 2.75) is 13.0 Å². The first kappa shape index (κ1) is 13.4. The van der Waals surface area contributed by atoms with Crippen molar-refractivity contribution in [1.29, 1.82) is 0 Å². The van der Waals surface area contributed by atoms with E-state index in [-0.39, 0.29) is 12.2 Å². The van der Waals surface area contributed by atoms with Crippen LogP contribution in [-0.2, 0) is 11.2 Å². The van der Waals surface area contributed by atoms with E-state index in [9.17, 15) is 13.6 Å². The fraction of sp³-hybridized carbons (Fsp3) is 0.167. The minimum atomic E-state index is -2.88. The summed E-state index contributed by atoms with van der Waals surface area (Å²) in [5.74, 6) is -0.920. The van der Waals surface area contributed by atoms with E-state index >= 15 is 0 Å². The van der Waals surface area contributed by atoms with E-state index in [1.807, 2.05) is 0 Å². The number of rotatable bonds is 5. The van der Waals surface area contributed by atoms with Crippen molar-refractivity contribution in [1.82, 2.24) is 4.98 Å². The molecule has 0 bridgehead atoms. The third-order valence-corrected chi connectivity index (χ3v) is 3.06. The van der Waals surface area contributed by atoms with Crippen LogP contribution in [0.2, 0.25) is 0 Å². The van der Waals surface area contributed by atoms with Crippen molar-refractivity contribution in [2.24, 2.45) is 0 Å². The van der Waals surface area contributed by atoms with Crippen LogP contribution in [0, 0.1) is 0 Å². The molecule has 0 radical (unpaired) electrons. The summed E-state index contributed by atoms with van der Waals surface area (Å²) in [4.78, 5) is 14.7. The lowest BCUT2D eigenvalue weighted by Crippen LogP contribution is -2.01. The first-order valence-corrected chi connectivity index (χ1v) is 6.14. The molecule has 0 spiro atoms. The van der Waals surface area contributed by atoms with E-state index in [2.05, 4.69) is 9.72 Å². The highest BCUT2D eigenvalue weighted by Gasteiger charge is 2.10. The van der Waals surface area contributed by atoms with E-state index in [1.54, 1.807) is 17.5 Å². The van der Waals surface area contributed by atoms with Gasteiger partial charge >= 0.3 is 12.6 Å². The number of benzene rings is 1. The molecule has 0 aliphatic rings. The second-order valence-corrected chi connectivity index (χ2v) is 4.55. The smallest absolute Gasteiger partial charge is 0.387 e. The molecule has 0 aliphatic carbocycles. The minimum Gasteiger partial charge on any atom is -0.481 e. The molecule has 4 nitrogen and oxygen atoms in total. The molecule has 0 amide bonds. The molecule has 0 saturated carbocycles. The lowest BCUT2D eigenvalue weighted by Gasteiger charge is -2.05. The molecule has 2 aromatic rings. The van der Waals surface area contributed by atoms with E-state index in [1.165, 1.54) is 23.5 Å². The molecule has 0 fully saturated rings. The number of carboxylic acids is 1. The van der Waals surface area contributed by atoms with Gasteiger partial charge in [0.1, 0.15) is 10.8 Å². The normalized spacial score (nSPS) is 10.7. The summed E-state index contributed by atoms with van der Waals surface area (Å²) in [6, 6.07) is 6.12. The van der Waals surface area contributed by atoms with Crippen molar-refractivity contribution >= 4 is 17.3 Å². The Hall–Kier alpha value is -2.02. The molecular weight excluding hydrogens is 276 g/mol. The number of carbonyl (C=O) groups is 1. The third kappa shape index (κ3) is 3.72. The number of halogens is 2. The van der Waals surface area contributed by atoms with Crippen molar-refractivity contribution in [3.05, 3.63) is 34.7 Å². The molecule has 0 atom stereocenters. The predicted molar refractivity (Wildman–Crippen MR) is 65.5 cm³/mol. The fourth-order valence-electron chi connectivity index (χ4n) is 1.49. The van der Waals surface area contributed by atoms with Gasteiger partial charge in [-0.2, -0.15) is 8.78 Å². The molecule has 0 aliphatic heterocycles. The van der Waals surface area contributed by atoms with Gasteiger partial charge in [-0.25, -0.2) is 4.98 Å². The highest BCUT2D eigenvalue weighted by Crippen LogP contribution is 2.26. The largest absolute Gasteiger partial charge is 0.481 e. The molecule has 0 unspecified atom stereocenters. The first-order chi connectivity index (χ1) is 9.04. The molecule has 100 valence electrons. The van der Waals surface area contributed by atoms with Crippen LogP contribution in [-0.4, -0.2) is 22.7 Å². The zero-order chi connectivity index (χ0) is 13.8. The molecule has 1 heterocycles. The van der Waals surface area contributed by atoms with Crippen LogP contribution >= 0.6 is 11.3 Å². The zero-order valence-corrected chi connectivity index (χ0v) is 10.4. The number of carboxylic acid groups (broad SMARTS) is 1. The number of alkyl halides is 2. The van der Waals surface area contributed by atoms with Crippen molar-refractivity contribution < 1.29 is 23.4 Å². The van der Waals surface area contributed by atoms with Crippen LogP contribution in [0.5, 0.6) is 5.75 Å². The van der Waals surface area contributed by atoms with Crippen molar-refractivity contribution in [3.63, 3.8) is 0 Å². The topological polar surface area (TPSA) is 59.4 Å². The first-order valence-electron chi connectivity index (χ1n) is 5.26. The molecule has 0 saturated heterocycles. The molecule has 1 aromatic carbocycles. The number of hydrogen-bond donors (Lipinski definition) is 1. The van der Waals surface area contributed by atoms with Gasteiger partial charge < -0.3 is 9.84 Å². The molecule has 2 rings (SSSR count). The second-order valence-electron chi connectivity index (χ2n) is 3.60. The predicted octanol–water partition coefficient (Wildman–Crippen LogP) is 3.04. The number of thiazole rings is 1. The van der Waals surface area contributed by atoms with Gasteiger partial charge in [0.2, 0.25) is 0 Å². The maximum absolute atomic E-state index is 12.1. The Labute approximate surface area is 111 Å². The van der Waals surface area contributed by atoms with Gasteiger partial charge in [-0.05, 0) is 12.1 Å². The highest BCUT2D eigenvalue weighted by atomic mass is 32.1. The highest BCUT2D eigenvalue weighted by molar-refractivity contribution is 7.10. The second kappa shape index (κ2) is 5.75. The minimum absolute atomic E-state index is 0.0419.